The number of aliphatic carboxylic acids is 1. The minimum Gasteiger partial charge on any atom is -0.481 e. The van der Waals surface area contributed by atoms with E-state index in [1.165, 1.54) is 23.2 Å². The Balaban J connectivity index is 1.76. The van der Waals surface area contributed by atoms with Gasteiger partial charge >= 0.3 is 5.97 Å². The minimum absolute atomic E-state index is 0.0956. The second kappa shape index (κ2) is 4.70. The minimum atomic E-state index is -0.839. The molecule has 1 fully saturated rings. The van der Waals surface area contributed by atoms with Crippen LogP contribution in [0.25, 0.3) is 0 Å². The fraction of sp³-hybridized carbons (Fsp3) is 0.286. The van der Waals surface area contributed by atoms with Crippen molar-refractivity contribution in [2.24, 2.45) is 5.92 Å². The van der Waals surface area contributed by atoms with Crippen molar-refractivity contribution in [2.45, 2.75) is 18.9 Å². The van der Waals surface area contributed by atoms with Gasteiger partial charge in [-0.2, -0.15) is 4.39 Å². The van der Waals surface area contributed by atoms with Gasteiger partial charge in [0.15, 0.2) is 0 Å². The van der Waals surface area contributed by atoms with Gasteiger partial charge in [0, 0.05) is 5.56 Å². The first-order chi connectivity index (χ1) is 9.54. The predicted octanol–water partition coefficient (Wildman–Crippen LogP) is 2.40. The van der Waals surface area contributed by atoms with Crippen LogP contribution in [0.4, 0.5) is 8.78 Å². The van der Waals surface area contributed by atoms with Crippen LogP contribution in [0.1, 0.15) is 23.5 Å². The van der Waals surface area contributed by atoms with Crippen molar-refractivity contribution in [2.75, 3.05) is 0 Å². The maximum Gasteiger partial charge on any atom is 0.307 e. The zero-order valence-electron chi connectivity index (χ0n) is 10.5. The molecule has 0 spiro atoms. The Morgan fingerprint density at radius 1 is 1.45 bits per heavy atom. The Morgan fingerprint density at radius 2 is 2.25 bits per heavy atom. The van der Waals surface area contributed by atoms with Crippen LogP contribution in [-0.2, 0) is 11.3 Å². The van der Waals surface area contributed by atoms with Gasteiger partial charge in [-0.1, -0.05) is 12.1 Å². The first kappa shape index (κ1) is 12.8. The molecule has 4 nitrogen and oxygen atoms in total. The summed E-state index contributed by atoms with van der Waals surface area (Å²) in [6.45, 7) is 0.191. The maximum atomic E-state index is 14.0. The molecule has 2 atom stereocenters. The fourth-order valence-corrected chi connectivity index (χ4v) is 2.37. The van der Waals surface area contributed by atoms with Crippen LogP contribution in [0.3, 0.4) is 0 Å². The van der Waals surface area contributed by atoms with Crippen LogP contribution in [0.15, 0.2) is 30.7 Å². The number of carboxylic acid groups (broad SMARTS) is 1. The SMILES string of the molecule is O=C(O)[C@@H]1C[C@H]1c1ccc(Cn2cnc(F)c2)c(F)c1. The van der Waals surface area contributed by atoms with Gasteiger partial charge in [0.05, 0.1) is 25.0 Å². The van der Waals surface area contributed by atoms with E-state index in [1.807, 2.05) is 0 Å². The van der Waals surface area contributed by atoms with E-state index in [4.69, 9.17) is 5.11 Å². The summed E-state index contributed by atoms with van der Waals surface area (Å²) in [5.41, 5.74) is 1.12. The first-order valence-electron chi connectivity index (χ1n) is 6.23. The summed E-state index contributed by atoms with van der Waals surface area (Å²) in [7, 11) is 0. The Labute approximate surface area is 113 Å². The molecule has 104 valence electrons. The zero-order chi connectivity index (χ0) is 14.3. The van der Waals surface area contributed by atoms with E-state index >= 15 is 0 Å². The molecule has 1 aromatic heterocycles. The van der Waals surface area contributed by atoms with Gasteiger partial charge in [0.1, 0.15) is 5.82 Å². The molecule has 0 bridgehead atoms. The number of carboxylic acids is 1. The molecule has 1 aliphatic rings. The van der Waals surface area contributed by atoms with Crippen LogP contribution in [0.2, 0.25) is 0 Å². The van der Waals surface area contributed by atoms with E-state index in [0.29, 0.717) is 17.5 Å². The average Bonchev–Trinajstić information content (AvgIpc) is 3.10. The second-order valence-electron chi connectivity index (χ2n) is 5.01. The molecule has 1 N–H and O–H groups in total. The largest absolute Gasteiger partial charge is 0.481 e. The highest BCUT2D eigenvalue weighted by Crippen LogP contribution is 2.47. The molecule has 1 aliphatic carbocycles. The highest BCUT2D eigenvalue weighted by Gasteiger charge is 2.44. The molecule has 0 aliphatic heterocycles. The molecular formula is C14H12F2N2O2. The number of nitrogens with zero attached hydrogens (tertiary/aromatic N) is 2. The maximum absolute atomic E-state index is 14.0. The third-order valence-corrected chi connectivity index (χ3v) is 3.57. The third kappa shape index (κ3) is 2.41. The van der Waals surface area contributed by atoms with Crippen LogP contribution < -0.4 is 0 Å². The average molecular weight is 278 g/mol. The van der Waals surface area contributed by atoms with Crippen LogP contribution in [0.5, 0.6) is 0 Å². The van der Waals surface area contributed by atoms with E-state index in [-0.39, 0.29) is 12.5 Å². The summed E-state index contributed by atoms with van der Waals surface area (Å²) >= 11 is 0. The Morgan fingerprint density at radius 3 is 2.80 bits per heavy atom. The Hall–Kier alpha value is -2.24. The highest BCUT2D eigenvalue weighted by molar-refractivity contribution is 5.75. The predicted molar refractivity (Wildman–Crippen MR) is 66.2 cm³/mol. The summed E-state index contributed by atoms with van der Waals surface area (Å²) in [5, 5.41) is 8.87. The molecule has 1 aromatic carbocycles. The van der Waals surface area contributed by atoms with Crippen molar-refractivity contribution >= 4 is 5.97 Å². The van der Waals surface area contributed by atoms with Crippen LogP contribution in [0, 0.1) is 17.7 Å². The fourth-order valence-electron chi connectivity index (χ4n) is 2.37. The van der Waals surface area contributed by atoms with Crippen molar-refractivity contribution < 1.29 is 18.7 Å². The van der Waals surface area contributed by atoms with Crippen LogP contribution in [-0.4, -0.2) is 20.6 Å². The van der Waals surface area contributed by atoms with Crippen molar-refractivity contribution in [3.05, 3.63) is 53.6 Å². The lowest BCUT2D eigenvalue weighted by molar-refractivity contribution is -0.138. The van der Waals surface area contributed by atoms with Gasteiger partial charge < -0.3 is 9.67 Å². The number of aromatic nitrogens is 2. The Bertz CT molecular complexity index is 669. The lowest BCUT2D eigenvalue weighted by Crippen LogP contribution is -2.02. The number of imidazole rings is 1. The summed E-state index contributed by atoms with van der Waals surface area (Å²) in [6, 6.07) is 4.72. The van der Waals surface area contributed by atoms with Crippen molar-refractivity contribution in [3.63, 3.8) is 0 Å². The normalized spacial score (nSPS) is 20.9. The monoisotopic (exact) mass is 278 g/mol. The number of benzene rings is 1. The van der Waals surface area contributed by atoms with Gasteiger partial charge in [-0.05, 0) is 24.0 Å². The van der Waals surface area contributed by atoms with E-state index < -0.39 is 23.7 Å². The van der Waals surface area contributed by atoms with Crippen molar-refractivity contribution in [1.29, 1.82) is 0 Å². The van der Waals surface area contributed by atoms with Crippen LogP contribution >= 0.6 is 0 Å². The first-order valence-corrected chi connectivity index (χ1v) is 6.23. The van der Waals surface area contributed by atoms with E-state index in [0.717, 1.165) is 0 Å². The number of hydrogen-bond acceptors (Lipinski definition) is 2. The summed E-state index contributed by atoms with van der Waals surface area (Å²) < 4.78 is 28.2. The zero-order valence-corrected chi connectivity index (χ0v) is 10.5. The van der Waals surface area contributed by atoms with Gasteiger partial charge in [0.2, 0.25) is 5.95 Å². The molecule has 20 heavy (non-hydrogen) atoms. The quantitative estimate of drug-likeness (QED) is 0.934. The standard InChI is InChI=1S/C14H12F2N2O2/c15-12-3-8(10-4-11(10)14(19)20)1-2-9(12)5-18-6-13(16)17-7-18/h1-3,6-7,10-11H,4-5H2,(H,19,20)/t10-,11+/m0/s1. The molecule has 0 unspecified atom stereocenters. The molecule has 0 radical (unpaired) electrons. The summed E-state index contributed by atoms with van der Waals surface area (Å²) in [4.78, 5) is 14.2. The smallest absolute Gasteiger partial charge is 0.307 e. The third-order valence-electron chi connectivity index (χ3n) is 3.57. The van der Waals surface area contributed by atoms with E-state index in [9.17, 15) is 13.6 Å². The van der Waals surface area contributed by atoms with Crippen molar-refractivity contribution in [1.82, 2.24) is 9.55 Å². The molecular weight excluding hydrogens is 266 g/mol. The van der Waals surface area contributed by atoms with E-state index in [1.54, 1.807) is 12.1 Å². The summed E-state index contributed by atoms with van der Waals surface area (Å²) in [6.07, 6.45) is 3.04. The molecule has 6 heteroatoms. The lowest BCUT2D eigenvalue weighted by Gasteiger charge is -2.06. The molecule has 3 rings (SSSR count). The second-order valence-corrected chi connectivity index (χ2v) is 5.01. The molecule has 0 saturated heterocycles. The number of hydrogen-bond donors (Lipinski definition) is 1. The van der Waals surface area contributed by atoms with Gasteiger partial charge in [0.25, 0.3) is 0 Å². The summed E-state index contributed by atoms with van der Waals surface area (Å²) in [5.74, 6) is -2.35. The highest BCUT2D eigenvalue weighted by atomic mass is 19.1. The van der Waals surface area contributed by atoms with Gasteiger partial charge in [-0.25, -0.2) is 9.37 Å². The van der Waals surface area contributed by atoms with Gasteiger partial charge in [-0.15, -0.1) is 0 Å². The number of carbonyl (C=O) groups is 1. The van der Waals surface area contributed by atoms with Crippen molar-refractivity contribution in [3.8, 4) is 0 Å². The van der Waals surface area contributed by atoms with E-state index in [2.05, 4.69) is 4.98 Å². The molecule has 1 saturated carbocycles. The van der Waals surface area contributed by atoms with Gasteiger partial charge in [-0.3, -0.25) is 4.79 Å². The number of halogens is 2. The lowest BCUT2D eigenvalue weighted by atomic mass is 10.1. The molecule has 1 heterocycles. The Kier molecular flexibility index (Phi) is 3.00. The molecule has 0 amide bonds. The topological polar surface area (TPSA) is 55.1 Å². The molecule has 2 aromatic rings. The number of rotatable bonds is 4.